The summed E-state index contributed by atoms with van der Waals surface area (Å²) in [7, 11) is 3.13. The van der Waals surface area contributed by atoms with E-state index in [2.05, 4.69) is 5.32 Å². The van der Waals surface area contributed by atoms with Crippen molar-refractivity contribution in [2.24, 2.45) is 0 Å². The lowest BCUT2D eigenvalue weighted by Gasteiger charge is -2.18. The zero-order chi connectivity index (χ0) is 17.9. The first-order valence-electron chi connectivity index (χ1n) is 7.11. The minimum atomic E-state index is -0.440. The largest absolute Gasteiger partial charge is 0.507 e. The molecule has 7 heteroatoms. The molecule has 2 aromatic carbocycles. The van der Waals surface area contributed by atoms with E-state index in [1.807, 2.05) is 0 Å². The molecular weight excluding hydrogens is 332 g/mol. The molecule has 0 bridgehead atoms. The van der Waals surface area contributed by atoms with Gasteiger partial charge >= 0.3 is 0 Å². The van der Waals surface area contributed by atoms with Crippen LogP contribution in [0.25, 0.3) is 0 Å². The Morgan fingerprint density at radius 2 is 1.75 bits per heavy atom. The lowest BCUT2D eigenvalue weighted by Crippen LogP contribution is -2.26. The van der Waals surface area contributed by atoms with Crippen molar-refractivity contribution >= 4 is 23.4 Å². The number of nitrogens with zero attached hydrogens (tertiary/aromatic N) is 1. The molecule has 6 nitrogen and oxygen atoms in total. The third-order valence-corrected chi connectivity index (χ3v) is 3.81. The highest BCUT2D eigenvalue weighted by molar-refractivity contribution is 6.32. The Hall–Kier alpha value is -2.73. The normalized spacial score (nSPS) is 10.3. The first-order valence-corrected chi connectivity index (χ1v) is 7.49. The predicted octanol–water partition coefficient (Wildman–Crippen LogP) is 2.38. The zero-order valence-corrected chi connectivity index (χ0v) is 14.0. The van der Waals surface area contributed by atoms with Gasteiger partial charge in [0.25, 0.3) is 11.8 Å². The highest BCUT2D eigenvalue weighted by atomic mass is 35.5. The van der Waals surface area contributed by atoms with E-state index in [1.165, 1.54) is 11.0 Å². The molecule has 0 aromatic heterocycles. The number of benzene rings is 2. The first kappa shape index (κ1) is 17.6. The zero-order valence-electron chi connectivity index (χ0n) is 13.2. The van der Waals surface area contributed by atoms with Crippen molar-refractivity contribution in [3.63, 3.8) is 0 Å². The van der Waals surface area contributed by atoms with Gasteiger partial charge in [-0.15, -0.1) is 0 Å². The topological polar surface area (TPSA) is 89.9 Å². The van der Waals surface area contributed by atoms with Gasteiger partial charge < -0.3 is 20.4 Å². The lowest BCUT2D eigenvalue weighted by atomic mass is 10.1. The molecule has 0 fully saturated rings. The van der Waals surface area contributed by atoms with Crippen molar-refractivity contribution in [3.05, 3.63) is 58.1 Å². The van der Waals surface area contributed by atoms with Crippen LogP contribution in [0.1, 0.15) is 26.3 Å². The number of hydrogen-bond acceptors (Lipinski definition) is 4. The molecule has 0 spiro atoms. The Bertz CT molecular complexity index is 775. The number of carbonyl (C=O) groups excluding carboxylic acids is 2. The number of halogens is 1. The third kappa shape index (κ3) is 3.78. The van der Waals surface area contributed by atoms with Crippen molar-refractivity contribution in [1.82, 2.24) is 10.2 Å². The number of phenolic OH excluding ortho intramolecular Hbond substituents is 2. The number of aromatic hydroxyl groups is 2. The third-order valence-electron chi connectivity index (χ3n) is 3.51. The van der Waals surface area contributed by atoms with E-state index >= 15 is 0 Å². The van der Waals surface area contributed by atoms with Crippen molar-refractivity contribution in [2.45, 2.75) is 6.54 Å². The first-order chi connectivity index (χ1) is 11.3. The molecule has 0 aliphatic carbocycles. The van der Waals surface area contributed by atoms with E-state index in [0.29, 0.717) is 5.56 Å². The molecule has 0 saturated heterocycles. The average Bonchev–Trinajstić information content (AvgIpc) is 2.57. The molecule has 3 N–H and O–H groups in total. The molecule has 0 aliphatic rings. The molecule has 2 amide bonds. The lowest BCUT2D eigenvalue weighted by molar-refractivity contribution is 0.0781. The SMILES string of the molecule is CNC(=O)c1ccc(CN(C)C(=O)c2cc(Cl)c(O)cc2O)cc1. The Kier molecular flexibility index (Phi) is 5.31. The molecule has 0 aliphatic heterocycles. The van der Waals surface area contributed by atoms with E-state index in [4.69, 9.17) is 11.6 Å². The maximum absolute atomic E-state index is 12.4. The second-order valence-electron chi connectivity index (χ2n) is 5.26. The van der Waals surface area contributed by atoms with Crippen LogP contribution in [0, 0.1) is 0 Å². The second-order valence-corrected chi connectivity index (χ2v) is 5.67. The average molecular weight is 349 g/mol. The predicted molar refractivity (Wildman–Crippen MR) is 90.4 cm³/mol. The fraction of sp³-hybridized carbons (Fsp3) is 0.176. The number of rotatable bonds is 4. The summed E-state index contributed by atoms with van der Waals surface area (Å²) in [5, 5.41) is 21.8. The quantitative estimate of drug-likeness (QED) is 0.791. The maximum Gasteiger partial charge on any atom is 0.257 e. The summed E-state index contributed by atoms with van der Waals surface area (Å²) in [5.74, 6) is -1.26. The van der Waals surface area contributed by atoms with Gasteiger partial charge in [-0.05, 0) is 23.8 Å². The Morgan fingerprint density at radius 1 is 1.12 bits per heavy atom. The van der Waals surface area contributed by atoms with Crippen LogP contribution in [0.5, 0.6) is 11.5 Å². The van der Waals surface area contributed by atoms with Crippen LogP contribution in [0.2, 0.25) is 5.02 Å². The number of amides is 2. The van der Waals surface area contributed by atoms with Crippen LogP contribution in [0.4, 0.5) is 0 Å². The van der Waals surface area contributed by atoms with E-state index in [9.17, 15) is 19.8 Å². The molecule has 24 heavy (non-hydrogen) atoms. The van der Waals surface area contributed by atoms with Crippen LogP contribution < -0.4 is 5.32 Å². The smallest absolute Gasteiger partial charge is 0.257 e. The molecule has 2 aromatic rings. The minimum Gasteiger partial charge on any atom is -0.507 e. The van der Waals surface area contributed by atoms with Gasteiger partial charge in [-0.1, -0.05) is 23.7 Å². The summed E-state index contributed by atoms with van der Waals surface area (Å²) in [6.07, 6.45) is 0. The van der Waals surface area contributed by atoms with Gasteiger partial charge in [-0.2, -0.15) is 0 Å². The summed E-state index contributed by atoms with van der Waals surface area (Å²) >= 11 is 5.79. The van der Waals surface area contributed by atoms with Crippen LogP contribution in [0.3, 0.4) is 0 Å². The fourth-order valence-corrected chi connectivity index (χ4v) is 2.34. The standard InChI is InChI=1S/C17H17ClN2O4/c1-19-16(23)11-5-3-10(4-6-11)9-20(2)17(24)12-7-13(18)15(22)8-14(12)21/h3-8,21-22H,9H2,1-2H3,(H,19,23). The van der Waals surface area contributed by atoms with Gasteiger partial charge in [0.1, 0.15) is 11.5 Å². The van der Waals surface area contributed by atoms with Gasteiger partial charge in [0, 0.05) is 32.3 Å². The number of nitrogens with one attached hydrogen (secondary N) is 1. The monoisotopic (exact) mass is 348 g/mol. The summed E-state index contributed by atoms with van der Waals surface area (Å²) in [6.45, 7) is 0.283. The maximum atomic E-state index is 12.4. The molecule has 0 atom stereocenters. The van der Waals surface area contributed by atoms with Gasteiger partial charge in [-0.25, -0.2) is 0 Å². The van der Waals surface area contributed by atoms with Crippen molar-refractivity contribution < 1.29 is 19.8 Å². The molecule has 0 radical (unpaired) electrons. The molecular formula is C17H17ClN2O4. The minimum absolute atomic E-state index is 0.00211. The summed E-state index contributed by atoms with van der Waals surface area (Å²) in [4.78, 5) is 25.3. The van der Waals surface area contributed by atoms with E-state index in [0.717, 1.165) is 11.6 Å². The van der Waals surface area contributed by atoms with Crippen molar-refractivity contribution in [1.29, 1.82) is 0 Å². The van der Waals surface area contributed by atoms with Gasteiger partial charge in [0.15, 0.2) is 0 Å². The van der Waals surface area contributed by atoms with Gasteiger partial charge in [0.05, 0.1) is 10.6 Å². The highest BCUT2D eigenvalue weighted by Gasteiger charge is 2.18. The van der Waals surface area contributed by atoms with Crippen LogP contribution in [0.15, 0.2) is 36.4 Å². The van der Waals surface area contributed by atoms with Crippen molar-refractivity contribution in [3.8, 4) is 11.5 Å². The second kappa shape index (κ2) is 7.23. The van der Waals surface area contributed by atoms with Crippen LogP contribution in [-0.2, 0) is 6.54 Å². The fourth-order valence-electron chi connectivity index (χ4n) is 2.18. The van der Waals surface area contributed by atoms with E-state index < -0.39 is 5.91 Å². The summed E-state index contributed by atoms with van der Waals surface area (Å²) in [6, 6.07) is 9.08. The van der Waals surface area contributed by atoms with Gasteiger partial charge in [0.2, 0.25) is 0 Å². The number of hydrogen-bond donors (Lipinski definition) is 3. The molecule has 126 valence electrons. The van der Waals surface area contributed by atoms with Crippen LogP contribution in [-0.4, -0.2) is 41.0 Å². The van der Waals surface area contributed by atoms with E-state index in [1.54, 1.807) is 38.4 Å². The van der Waals surface area contributed by atoms with Gasteiger partial charge in [-0.3, -0.25) is 9.59 Å². The number of carbonyl (C=O) groups is 2. The number of phenols is 2. The molecule has 0 saturated carbocycles. The molecule has 2 rings (SSSR count). The summed E-state index contributed by atoms with van der Waals surface area (Å²) in [5.41, 5.74) is 1.35. The van der Waals surface area contributed by atoms with E-state index in [-0.39, 0.29) is 34.5 Å². The Balaban J connectivity index is 2.14. The Morgan fingerprint density at radius 3 is 2.33 bits per heavy atom. The Labute approximate surface area is 144 Å². The van der Waals surface area contributed by atoms with Crippen molar-refractivity contribution in [2.75, 3.05) is 14.1 Å². The summed E-state index contributed by atoms with van der Waals surface area (Å²) < 4.78 is 0. The van der Waals surface area contributed by atoms with Crippen LogP contribution >= 0.6 is 11.6 Å². The molecule has 0 heterocycles. The highest BCUT2D eigenvalue weighted by Crippen LogP contribution is 2.31. The molecule has 0 unspecified atom stereocenters.